The van der Waals surface area contributed by atoms with Crippen molar-refractivity contribution in [3.8, 4) is 17.1 Å². The third kappa shape index (κ3) is 4.31. The second kappa shape index (κ2) is 8.72. The lowest BCUT2D eigenvalue weighted by Gasteiger charge is -2.12. The van der Waals surface area contributed by atoms with Crippen LogP contribution in [0.15, 0.2) is 57.5 Å². The summed E-state index contributed by atoms with van der Waals surface area (Å²) >= 11 is 3.25. The zero-order valence-corrected chi connectivity index (χ0v) is 18.7. The van der Waals surface area contributed by atoms with Crippen molar-refractivity contribution in [2.75, 3.05) is 11.5 Å². The molecule has 3 aromatic heterocycles. The van der Waals surface area contributed by atoms with Gasteiger partial charge in [0, 0.05) is 29.5 Å². The molecule has 1 aromatic carbocycles. The lowest BCUT2D eigenvalue weighted by atomic mass is 10.1. The summed E-state index contributed by atoms with van der Waals surface area (Å²) in [7, 11) is 0. The molecule has 0 bridgehead atoms. The number of hydrogen-bond donors (Lipinski definition) is 0. The van der Waals surface area contributed by atoms with Crippen LogP contribution in [0, 0.1) is 13.8 Å². The summed E-state index contributed by atoms with van der Waals surface area (Å²) in [6.45, 7) is 4.30. The van der Waals surface area contributed by atoms with E-state index in [4.69, 9.17) is 9.15 Å². The smallest absolute Gasteiger partial charge is 0.276 e. The predicted molar refractivity (Wildman–Crippen MR) is 118 cm³/mol. The fourth-order valence-electron chi connectivity index (χ4n) is 3.29. The first-order chi connectivity index (χ1) is 15.2. The zero-order valence-electron chi connectivity index (χ0n) is 17.1. The molecular weight excluding hydrogens is 432 g/mol. The Kier molecular flexibility index (Phi) is 5.65. The van der Waals surface area contributed by atoms with Crippen LogP contribution in [-0.2, 0) is 6.61 Å². The molecule has 0 saturated carbocycles. The lowest BCUT2D eigenvalue weighted by Crippen LogP contribution is -2.11. The quantitative estimate of drug-likeness (QED) is 0.379. The van der Waals surface area contributed by atoms with E-state index in [-0.39, 0.29) is 12.6 Å². The number of benzene rings is 1. The maximum absolute atomic E-state index is 5.86. The molecule has 5 rings (SSSR count). The second-order valence-electron chi connectivity index (χ2n) is 7.21. The molecule has 8 nitrogen and oxygen atoms in total. The third-order valence-corrected chi connectivity index (χ3v) is 6.97. The van der Waals surface area contributed by atoms with Crippen molar-refractivity contribution in [1.29, 1.82) is 0 Å². The maximum Gasteiger partial charge on any atom is 0.276 e. The highest BCUT2D eigenvalue weighted by Gasteiger charge is 2.29. The number of hydrogen-bond acceptors (Lipinski definition) is 9. The molecule has 158 valence electrons. The first-order valence-corrected chi connectivity index (χ1v) is 11.8. The van der Waals surface area contributed by atoms with Gasteiger partial charge in [0.05, 0.1) is 6.04 Å². The van der Waals surface area contributed by atoms with Crippen molar-refractivity contribution in [2.24, 2.45) is 0 Å². The maximum atomic E-state index is 5.86. The third-order valence-electron chi connectivity index (χ3n) is 4.92. The van der Waals surface area contributed by atoms with E-state index in [0.717, 1.165) is 44.9 Å². The van der Waals surface area contributed by atoms with Gasteiger partial charge in [-0.05, 0) is 43.2 Å². The van der Waals surface area contributed by atoms with Gasteiger partial charge in [0.15, 0.2) is 17.6 Å². The van der Waals surface area contributed by atoms with Gasteiger partial charge in [-0.3, -0.25) is 9.55 Å². The number of thioether (sulfide) groups is 2. The molecule has 31 heavy (non-hydrogen) atoms. The summed E-state index contributed by atoms with van der Waals surface area (Å²) in [4.78, 5) is 4.08. The van der Waals surface area contributed by atoms with Crippen LogP contribution in [-0.4, -0.2) is 41.5 Å². The molecule has 0 amide bonds. The molecule has 4 aromatic rings. The van der Waals surface area contributed by atoms with Crippen molar-refractivity contribution in [3.63, 3.8) is 0 Å². The first-order valence-electron chi connectivity index (χ1n) is 9.80. The molecule has 0 aliphatic carbocycles. The average Bonchev–Trinajstić information content (AvgIpc) is 3.50. The molecule has 0 spiro atoms. The predicted octanol–water partition coefficient (Wildman–Crippen LogP) is 4.36. The van der Waals surface area contributed by atoms with E-state index >= 15 is 0 Å². The van der Waals surface area contributed by atoms with Crippen molar-refractivity contribution in [3.05, 3.63) is 59.7 Å². The van der Waals surface area contributed by atoms with Crippen LogP contribution >= 0.6 is 23.5 Å². The molecule has 0 unspecified atom stereocenters. The highest BCUT2D eigenvalue weighted by Crippen LogP contribution is 2.38. The van der Waals surface area contributed by atoms with Crippen LogP contribution in [0.4, 0.5) is 0 Å². The summed E-state index contributed by atoms with van der Waals surface area (Å²) in [5.74, 6) is 3.88. The monoisotopic (exact) mass is 452 g/mol. The van der Waals surface area contributed by atoms with Crippen LogP contribution < -0.4 is 4.74 Å². The Morgan fingerprint density at radius 1 is 1.13 bits per heavy atom. The van der Waals surface area contributed by atoms with Gasteiger partial charge in [0.25, 0.3) is 11.1 Å². The Labute approximate surface area is 187 Å². The van der Waals surface area contributed by atoms with Crippen molar-refractivity contribution in [1.82, 2.24) is 29.9 Å². The van der Waals surface area contributed by atoms with Gasteiger partial charge in [-0.1, -0.05) is 35.7 Å². The van der Waals surface area contributed by atoms with Gasteiger partial charge >= 0.3 is 0 Å². The van der Waals surface area contributed by atoms with E-state index in [1.165, 1.54) is 11.8 Å². The number of pyridine rings is 1. The molecule has 1 aliphatic rings. The Morgan fingerprint density at radius 2 is 2.00 bits per heavy atom. The van der Waals surface area contributed by atoms with E-state index < -0.39 is 0 Å². The number of aromatic nitrogens is 6. The minimum Gasteiger partial charge on any atom is -0.484 e. The van der Waals surface area contributed by atoms with Gasteiger partial charge in [0.1, 0.15) is 5.75 Å². The fraction of sp³-hybridized carbons (Fsp3) is 0.286. The first kappa shape index (κ1) is 20.1. The SMILES string of the molecule is Cc1ccc(C)c(OCc2nnc(SC[C@H]3CSc4nnc(-c5ccncc5)n43)o2)c1. The van der Waals surface area contributed by atoms with Gasteiger partial charge < -0.3 is 9.15 Å². The van der Waals surface area contributed by atoms with E-state index in [1.807, 2.05) is 38.1 Å². The van der Waals surface area contributed by atoms with E-state index in [0.29, 0.717) is 11.1 Å². The molecule has 0 N–H and O–H groups in total. The van der Waals surface area contributed by atoms with Crippen LogP contribution in [0.1, 0.15) is 23.1 Å². The Morgan fingerprint density at radius 3 is 2.87 bits per heavy atom. The summed E-state index contributed by atoms with van der Waals surface area (Å²) in [6.07, 6.45) is 3.53. The molecule has 0 fully saturated rings. The van der Waals surface area contributed by atoms with Crippen molar-refractivity contribution in [2.45, 2.75) is 36.9 Å². The number of aryl methyl sites for hydroxylation is 2. The largest absolute Gasteiger partial charge is 0.484 e. The second-order valence-corrected chi connectivity index (χ2v) is 9.17. The van der Waals surface area contributed by atoms with Gasteiger partial charge in [-0.15, -0.1) is 20.4 Å². The molecule has 0 saturated heterocycles. The summed E-state index contributed by atoms with van der Waals surface area (Å²) in [5.41, 5.74) is 3.24. The standard InChI is InChI=1S/C21H20N6O2S2/c1-13-3-4-14(2)17(9-13)28-10-18-23-26-21(29-18)31-12-16-11-30-20-25-24-19(27(16)20)15-5-7-22-8-6-15/h3-9,16H,10-12H2,1-2H3/t16-/m1/s1. The number of nitrogens with zero attached hydrogens (tertiary/aromatic N) is 6. The Balaban J connectivity index is 1.22. The van der Waals surface area contributed by atoms with E-state index in [2.05, 4.69) is 36.0 Å². The normalized spacial score (nSPS) is 15.2. The van der Waals surface area contributed by atoms with Gasteiger partial charge in [-0.2, -0.15) is 0 Å². The molecule has 10 heteroatoms. The van der Waals surface area contributed by atoms with Crippen molar-refractivity contribution < 1.29 is 9.15 Å². The summed E-state index contributed by atoms with van der Waals surface area (Å²) in [6, 6.07) is 10.3. The molecule has 0 radical (unpaired) electrons. The average molecular weight is 453 g/mol. The minimum atomic E-state index is 0.240. The van der Waals surface area contributed by atoms with Crippen LogP contribution in [0.25, 0.3) is 11.4 Å². The van der Waals surface area contributed by atoms with Gasteiger partial charge in [0.2, 0.25) is 0 Å². The highest BCUT2D eigenvalue weighted by atomic mass is 32.2. The minimum absolute atomic E-state index is 0.240. The number of rotatable bonds is 7. The van der Waals surface area contributed by atoms with Crippen molar-refractivity contribution >= 4 is 23.5 Å². The molecule has 1 atom stereocenters. The summed E-state index contributed by atoms with van der Waals surface area (Å²) < 4.78 is 13.8. The highest BCUT2D eigenvalue weighted by molar-refractivity contribution is 8.00. The molecular formula is C21H20N6O2S2. The van der Waals surface area contributed by atoms with Crippen LogP contribution in [0.2, 0.25) is 0 Å². The van der Waals surface area contributed by atoms with E-state index in [9.17, 15) is 0 Å². The fourth-order valence-corrected chi connectivity index (χ4v) is 5.38. The number of ether oxygens (including phenoxy) is 1. The Hall–Kier alpha value is -2.85. The van der Waals surface area contributed by atoms with E-state index in [1.54, 1.807) is 24.2 Å². The molecule has 4 heterocycles. The van der Waals surface area contributed by atoms with Gasteiger partial charge in [-0.25, -0.2) is 0 Å². The zero-order chi connectivity index (χ0) is 21.2. The topological polar surface area (TPSA) is 91.8 Å². The summed E-state index contributed by atoms with van der Waals surface area (Å²) in [5, 5.41) is 18.5. The van der Waals surface area contributed by atoms with Crippen LogP contribution in [0.3, 0.4) is 0 Å². The van der Waals surface area contributed by atoms with Crippen LogP contribution in [0.5, 0.6) is 5.75 Å². The number of fused-ring (bicyclic) bond motifs is 1. The lowest BCUT2D eigenvalue weighted by molar-refractivity contribution is 0.250. The Bertz CT molecular complexity index is 1190. The molecule has 1 aliphatic heterocycles.